The third kappa shape index (κ3) is 2.14. The van der Waals surface area contributed by atoms with Gasteiger partial charge in [-0.1, -0.05) is 6.07 Å². The maximum atomic E-state index is 9.30. The highest BCUT2D eigenvalue weighted by Gasteiger charge is 2.12. The van der Waals surface area contributed by atoms with Crippen molar-refractivity contribution in [3.8, 4) is 11.4 Å². The molecular formula is C16H17N3O. The van der Waals surface area contributed by atoms with Crippen molar-refractivity contribution >= 4 is 16.7 Å². The van der Waals surface area contributed by atoms with E-state index < -0.39 is 0 Å². The second kappa shape index (κ2) is 4.98. The average Bonchev–Trinajstić information content (AvgIpc) is 2.78. The number of imidazole rings is 1. The fourth-order valence-corrected chi connectivity index (χ4v) is 2.42. The molecule has 1 aromatic heterocycles. The zero-order chi connectivity index (χ0) is 14.1. The molecule has 102 valence electrons. The summed E-state index contributed by atoms with van der Waals surface area (Å²) in [4.78, 5) is 4.70. The second-order valence-electron chi connectivity index (χ2n) is 4.92. The van der Waals surface area contributed by atoms with Gasteiger partial charge in [-0.05, 0) is 48.9 Å². The van der Waals surface area contributed by atoms with E-state index in [1.54, 1.807) is 0 Å². The molecule has 0 aliphatic carbocycles. The third-order valence-corrected chi connectivity index (χ3v) is 3.40. The van der Waals surface area contributed by atoms with Gasteiger partial charge in [0.05, 0.1) is 17.6 Å². The number of nitrogens with two attached hydrogens (primary N) is 1. The average molecular weight is 267 g/mol. The van der Waals surface area contributed by atoms with Crippen molar-refractivity contribution < 1.29 is 5.11 Å². The molecule has 3 N–H and O–H groups in total. The third-order valence-electron chi connectivity index (χ3n) is 3.40. The number of benzene rings is 2. The molecule has 0 spiro atoms. The minimum absolute atomic E-state index is 0.0846. The lowest BCUT2D eigenvalue weighted by Gasteiger charge is -2.07. The number of nitrogen functional groups attached to an aromatic ring is 1. The molecule has 3 aromatic rings. The molecule has 20 heavy (non-hydrogen) atoms. The number of anilines is 1. The van der Waals surface area contributed by atoms with E-state index in [0.29, 0.717) is 6.54 Å². The zero-order valence-corrected chi connectivity index (χ0v) is 11.4. The van der Waals surface area contributed by atoms with E-state index in [1.165, 1.54) is 5.56 Å². The Balaban J connectivity index is 2.22. The van der Waals surface area contributed by atoms with Gasteiger partial charge < -0.3 is 15.4 Å². The molecule has 0 saturated carbocycles. The molecule has 0 atom stereocenters. The number of fused-ring (bicyclic) bond motifs is 1. The number of aromatic nitrogens is 2. The van der Waals surface area contributed by atoms with Crippen LogP contribution in [0.2, 0.25) is 0 Å². The molecule has 4 nitrogen and oxygen atoms in total. The summed E-state index contributed by atoms with van der Waals surface area (Å²) in [6.07, 6.45) is 0. The van der Waals surface area contributed by atoms with E-state index in [2.05, 4.69) is 12.1 Å². The van der Waals surface area contributed by atoms with Gasteiger partial charge in [-0.15, -0.1) is 0 Å². The number of hydrogen-bond donors (Lipinski definition) is 2. The lowest BCUT2D eigenvalue weighted by Crippen LogP contribution is -2.04. The van der Waals surface area contributed by atoms with Crippen molar-refractivity contribution in [1.29, 1.82) is 0 Å². The minimum atomic E-state index is 0.0846. The summed E-state index contributed by atoms with van der Waals surface area (Å²) in [6.45, 7) is 2.66. The summed E-state index contributed by atoms with van der Waals surface area (Å²) in [5.74, 6) is 0.861. The summed E-state index contributed by atoms with van der Waals surface area (Å²) in [6, 6.07) is 13.8. The fraction of sp³-hybridized carbons (Fsp3) is 0.188. The van der Waals surface area contributed by atoms with Crippen molar-refractivity contribution in [3.05, 3.63) is 48.0 Å². The van der Waals surface area contributed by atoms with Gasteiger partial charge in [0, 0.05) is 17.8 Å². The number of rotatable bonds is 3. The van der Waals surface area contributed by atoms with Crippen molar-refractivity contribution in [2.24, 2.45) is 0 Å². The number of nitrogens with zero attached hydrogens (tertiary/aromatic N) is 2. The van der Waals surface area contributed by atoms with Gasteiger partial charge in [0.2, 0.25) is 0 Å². The first kappa shape index (κ1) is 12.7. The SMILES string of the molecule is Cc1ccc2c(c1)nc(-c1ccc(N)cc1)n2CCO. The van der Waals surface area contributed by atoms with E-state index in [1.807, 2.05) is 41.8 Å². The Labute approximate surface area is 117 Å². The van der Waals surface area contributed by atoms with E-state index in [0.717, 1.165) is 28.1 Å². The lowest BCUT2D eigenvalue weighted by molar-refractivity contribution is 0.278. The second-order valence-corrected chi connectivity index (χ2v) is 4.92. The molecule has 0 aliphatic rings. The maximum Gasteiger partial charge on any atom is 0.141 e. The van der Waals surface area contributed by atoms with Crippen LogP contribution in [0, 0.1) is 6.92 Å². The van der Waals surface area contributed by atoms with Crippen LogP contribution in [0.25, 0.3) is 22.4 Å². The van der Waals surface area contributed by atoms with Crippen LogP contribution in [-0.4, -0.2) is 21.3 Å². The first-order valence-electron chi connectivity index (χ1n) is 6.62. The van der Waals surface area contributed by atoms with E-state index in [-0.39, 0.29) is 6.61 Å². The largest absolute Gasteiger partial charge is 0.399 e. The molecule has 0 saturated heterocycles. The van der Waals surface area contributed by atoms with Gasteiger partial charge in [-0.3, -0.25) is 0 Å². The molecule has 0 bridgehead atoms. The Morgan fingerprint density at radius 2 is 1.90 bits per heavy atom. The zero-order valence-electron chi connectivity index (χ0n) is 11.4. The summed E-state index contributed by atoms with van der Waals surface area (Å²) < 4.78 is 2.04. The molecule has 4 heteroatoms. The summed E-state index contributed by atoms with van der Waals surface area (Å²) >= 11 is 0. The Hall–Kier alpha value is -2.33. The van der Waals surface area contributed by atoms with Crippen LogP contribution in [0.15, 0.2) is 42.5 Å². The van der Waals surface area contributed by atoms with Gasteiger partial charge in [0.1, 0.15) is 5.82 Å². The Morgan fingerprint density at radius 1 is 1.15 bits per heavy atom. The molecule has 2 aromatic carbocycles. The van der Waals surface area contributed by atoms with Gasteiger partial charge in [-0.25, -0.2) is 4.98 Å². The first-order valence-corrected chi connectivity index (χ1v) is 6.62. The number of aryl methyl sites for hydroxylation is 1. The smallest absolute Gasteiger partial charge is 0.141 e. The number of aliphatic hydroxyl groups excluding tert-OH is 1. The molecule has 3 rings (SSSR count). The Bertz CT molecular complexity index is 744. The predicted octanol–water partition coefficient (Wildman–Crippen LogP) is 2.59. The topological polar surface area (TPSA) is 64.1 Å². The van der Waals surface area contributed by atoms with Crippen LogP contribution >= 0.6 is 0 Å². The van der Waals surface area contributed by atoms with Gasteiger partial charge in [0.15, 0.2) is 0 Å². The molecule has 0 fully saturated rings. The standard InChI is InChI=1S/C16H17N3O/c1-11-2-7-15-14(10-11)18-16(19(15)8-9-20)12-3-5-13(17)6-4-12/h2-7,10,20H,8-9,17H2,1H3. The summed E-state index contributed by atoms with van der Waals surface area (Å²) in [5.41, 5.74) is 10.6. The highest BCUT2D eigenvalue weighted by molar-refractivity contribution is 5.81. The highest BCUT2D eigenvalue weighted by atomic mass is 16.3. The van der Waals surface area contributed by atoms with Crippen molar-refractivity contribution in [1.82, 2.24) is 9.55 Å². The summed E-state index contributed by atoms with van der Waals surface area (Å²) in [5, 5.41) is 9.30. The molecule has 1 heterocycles. The Morgan fingerprint density at radius 3 is 2.60 bits per heavy atom. The number of hydrogen-bond acceptors (Lipinski definition) is 3. The fourth-order valence-electron chi connectivity index (χ4n) is 2.42. The van der Waals surface area contributed by atoms with Gasteiger partial charge in [-0.2, -0.15) is 0 Å². The molecule has 0 radical (unpaired) electrons. The van der Waals surface area contributed by atoms with Crippen molar-refractivity contribution in [2.75, 3.05) is 12.3 Å². The monoisotopic (exact) mass is 267 g/mol. The van der Waals surface area contributed by atoms with E-state index >= 15 is 0 Å². The van der Waals surface area contributed by atoms with Crippen LogP contribution in [0.5, 0.6) is 0 Å². The molecule has 0 unspecified atom stereocenters. The van der Waals surface area contributed by atoms with E-state index in [9.17, 15) is 5.11 Å². The summed E-state index contributed by atoms with van der Waals surface area (Å²) in [7, 11) is 0. The van der Waals surface area contributed by atoms with Crippen LogP contribution < -0.4 is 5.73 Å². The maximum absolute atomic E-state index is 9.30. The molecular weight excluding hydrogens is 250 g/mol. The number of aliphatic hydroxyl groups is 1. The van der Waals surface area contributed by atoms with Crippen LogP contribution in [0.4, 0.5) is 5.69 Å². The normalized spacial score (nSPS) is 11.1. The first-order chi connectivity index (χ1) is 9.69. The van der Waals surface area contributed by atoms with Crippen molar-refractivity contribution in [3.63, 3.8) is 0 Å². The molecule has 0 aliphatic heterocycles. The van der Waals surface area contributed by atoms with Crippen LogP contribution in [0.3, 0.4) is 0 Å². The Kier molecular flexibility index (Phi) is 3.16. The quantitative estimate of drug-likeness (QED) is 0.717. The van der Waals surface area contributed by atoms with Gasteiger partial charge >= 0.3 is 0 Å². The van der Waals surface area contributed by atoms with Crippen LogP contribution in [-0.2, 0) is 6.54 Å². The van der Waals surface area contributed by atoms with Crippen molar-refractivity contribution in [2.45, 2.75) is 13.5 Å². The highest BCUT2D eigenvalue weighted by Crippen LogP contribution is 2.26. The lowest BCUT2D eigenvalue weighted by atomic mass is 10.2. The minimum Gasteiger partial charge on any atom is -0.399 e. The predicted molar refractivity (Wildman–Crippen MR) is 81.4 cm³/mol. The van der Waals surface area contributed by atoms with E-state index in [4.69, 9.17) is 10.7 Å². The van der Waals surface area contributed by atoms with Crippen LogP contribution in [0.1, 0.15) is 5.56 Å². The van der Waals surface area contributed by atoms with Gasteiger partial charge in [0.25, 0.3) is 0 Å². The molecule has 0 amide bonds.